The fourth-order valence-corrected chi connectivity index (χ4v) is 4.37. The monoisotopic (exact) mass is 479 g/mol. The van der Waals surface area contributed by atoms with Crippen LogP contribution in [0.3, 0.4) is 0 Å². The number of fused-ring (bicyclic) bond motifs is 1. The van der Waals surface area contributed by atoms with E-state index in [1.165, 1.54) is 12.1 Å². The number of furan rings is 1. The molecule has 1 aliphatic rings. The molecule has 5 nitrogen and oxygen atoms in total. The first-order chi connectivity index (χ1) is 16.3. The zero-order valence-corrected chi connectivity index (χ0v) is 18.4. The predicted molar refractivity (Wildman–Crippen MR) is 123 cm³/mol. The first-order valence-electron chi connectivity index (χ1n) is 10.3. The summed E-state index contributed by atoms with van der Waals surface area (Å²) in [5.41, 5.74) is 1.43. The van der Waals surface area contributed by atoms with E-state index in [0.29, 0.717) is 21.6 Å². The van der Waals surface area contributed by atoms with Gasteiger partial charge in [-0.05, 0) is 54.4 Å². The number of nitrogens with zero attached hydrogens (tertiary/aromatic N) is 1. The summed E-state index contributed by atoms with van der Waals surface area (Å²) in [6.07, 6.45) is 0. The molecule has 0 spiro atoms. The molecule has 34 heavy (non-hydrogen) atoms. The highest BCUT2D eigenvalue weighted by Gasteiger charge is 2.46. The molecule has 5 rings (SSSR count). The topological polar surface area (TPSA) is 70.7 Å². The van der Waals surface area contributed by atoms with Crippen LogP contribution in [-0.2, 0) is 4.79 Å². The van der Waals surface area contributed by atoms with Crippen LogP contribution >= 0.6 is 11.6 Å². The summed E-state index contributed by atoms with van der Waals surface area (Å²) >= 11 is 6.02. The second-order valence-electron chi connectivity index (χ2n) is 7.92. The van der Waals surface area contributed by atoms with E-state index >= 15 is 0 Å². The number of carbonyl (C=O) groups excluding carboxylic acids is 2. The molecule has 8 heteroatoms. The quantitative estimate of drug-likeness (QED) is 0.341. The van der Waals surface area contributed by atoms with Crippen LogP contribution in [0.2, 0.25) is 5.02 Å². The maximum absolute atomic E-state index is 14.1. The Morgan fingerprint density at radius 1 is 1.03 bits per heavy atom. The van der Waals surface area contributed by atoms with E-state index in [2.05, 4.69) is 0 Å². The van der Waals surface area contributed by atoms with Crippen molar-refractivity contribution >= 4 is 39.9 Å². The van der Waals surface area contributed by atoms with Gasteiger partial charge in [0.25, 0.3) is 5.91 Å². The van der Waals surface area contributed by atoms with Crippen molar-refractivity contribution in [2.75, 3.05) is 4.90 Å². The van der Waals surface area contributed by atoms with Gasteiger partial charge in [0.2, 0.25) is 5.78 Å². The summed E-state index contributed by atoms with van der Waals surface area (Å²) < 4.78 is 33.3. The van der Waals surface area contributed by atoms with E-state index < -0.39 is 35.1 Å². The fourth-order valence-electron chi connectivity index (χ4n) is 4.19. The SMILES string of the molecule is Cc1ccccc1C1C(C(=O)c2cc3cc(Cl)ccc3o2)=C(O)C(=O)N1c1ccc(F)c(F)c1. The number of rotatable bonds is 4. The Hall–Kier alpha value is -3.97. The minimum absolute atomic E-state index is 0.0112. The average Bonchev–Trinajstić information content (AvgIpc) is 3.34. The maximum atomic E-state index is 14.1. The van der Waals surface area contributed by atoms with Crippen molar-refractivity contribution < 1.29 is 27.9 Å². The molecule has 2 heterocycles. The standard InChI is InChI=1S/C26H16ClF2NO4/c1-13-4-2-3-5-17(13)23-22(24(31)21-11-14-10-15(27)6-9-20(14)34-21)25(32)26(33)30(23)16-7-8-18(28)19(29)12-16/h2-12,23,32H,1H3. The molecule has 1 aromatic heterocycles. The summed E-state index contributed by atoms with van der Waals surface area (Å²) in [7, 11) is 0. The fraction of sp³-hybridized carbons (Fsp3) is 0.0769. The number of aryl methyl sites for hydroxylation is 1. The third kappa shape index (κ3) is 3.45. The van der Waals surface area contributed by atoms with Crippen LogP contribution in [0.4, 0.5) is 14.5 Å². The van der Waals surface area contributed by atoms with Crippen molar-refractivity contribution in [3.63, 3.8) is 0 Å². The van der Waals surface area contributed by atoms with Gasteiger partial charge in [0.05, 0.1) is 11.6 Å². The highest BCUT2D eigenvalue weighted by molar-refractivity contribution is 6.31. The predicted octanol–water partition coefficient (Wildman–Crippen LogP) is 6.46. The minimum atomic E-state index is -1.16. The molecule has 1 atom stereocenters. The minimum Gasteiger partial charge on any atom is -0.503 e. The zero-order chi connectivity index (χ0) is 24.1. The second-order valence-corrected chi connectivity index (χ2v) is 8.35. The number of amides is 1. The van der Waals surface area contributed by atoms with Gasteiger partial charge in [0.15, 0.2) is 23.2 Å². The Labute approximate surface area is 197 Å². The smallest absolute Gasteiger partial charge is 0.294 e. The third-order valence-corrected chi connectivity index (χ3v) is 6.05. The van der Waals surface area contributed by atoms with E-state index in [9.17, 15) is 23.5 Å². The van der Waals surface area contributed by atoms with Gasteiger partial charge in [-0.25, -0.2) is 8.78 Å². The van der Waals surface area contributed by atoms with Crippen molar-refractivity contribution in [2.24, 2.45) is 0 Å². The molecule has 1 N–H and O–H groups in total. The molecule has 170 valence electrons. The van der Waals surface area contributed by atoms with E-state index in [1.807, 2.05) is 0 Å². The van der Waals surface area contributed by atoms with Crippen LogP contribution < -0.4 is 4.90 Å². The molecule has 0 bridgehead atoms. The second kappa shape index (κ2) is 8.11. The summed E-state index contributed by atoms with van der Waals surface area (Å²) in [6, 6.07) is 15.1. The molecule has 0 saturated heterocycles. The largest absolute Gasteiger partial charge is 0.503 e. The van der Waals surface area contributed by atoms with Gasteiger partial charge in [-0.2, -0.15) is 0 Å². The number of Topliss-reactive ketones (excluding diaryl/α,β-unsaturated/α-hetero) is 1. The summed E-state index contributed by atoms with van der Waals surface area (Å²) in [6.45, 7) is 1.78. The van der Waals surface area contributed by atoms with Crippen molar-refractivity contribution in [3.05, 3.63) is 112 Å². The van der Waals surface area contributed by atoms with Gasteiger partial charge in [-0.3, -0.25) is 14.5 Å². The van der Waals surface area contributed by atoms with E-state index in [1.54, 1.807) is 49.4 Å². The zero-order valence-electron chi connectivity index (χ0n) is 17.7. The maximum Gasteiger partial charge on any atom is 0.294 e. The molecule has 0 saturated carbocycles. The van der Waals surface area contributed by atoms with Crippen LogP contribution in [-0.4, -0.2) is 16.8 Å². The van der Waals surface area contributed by atoms with Crippen molar-refractivity contribution in [2.45, 2.75) is 13.0 Å². The first-order valence-corrected chi connectivity index (χ1v) is 10.6. The Kier molecular flexibility index (Phi) is 5.21. The average molecular weight is 480 g/mol. The van der Waals surface area contributed by atoms with E-state index in [4.69, 9.17) is 16.0 Å². The van der Waals surface area contributed by atoms with Gasteiger partial charge in [-0.15, -0.1) is 0 Å². The molecular weight excluding hydrogens is 464 g/mol. The summed E-state index contributed by atoms with van der Waals surface area (Å²) in [4.78, 5) is 27.8. The Morgan fingerprint density at radius 2 is 1.79 bits per heavy atom. The van der Waals surface area contributed by atoms with Gasteiger partial charge in [0, 0.05) is 22.2 Å². The number of hydrogen-bond donors (Lipinski definition) is 1. The molecule has 3 aromatic carbocycles. The lowest BCUT2D eigenvalue weighted by atomic mass is 9.92. The molecule has 1 aliphatic heterocycles. The Balaban J connectivity index is 1.68. The highest BCUT2D eigenvalue weighted by atomic mass is 35.5. The van der Waals surface area contributed by atoms with E-state index in [-0.39, 0.29) is 17.0 Å². The van der Waals surface area contributed by atoms with Crippen LogP contribution in [0.15, 0.2) is 82.5 Å². The number of hydrogen-bond acceptors (Lipinski definition) is 4. The molecule has 1 unspecified atom stereocenters. The number of carbonyl (C=O) groups is 2. The first kappa shape index (κ1) is 21.9. The van der Waals surface area contributed by atoms with Crippen LogP contribution in [0.25, 0.3) is 11.0 Å². The Morgan fingerprint density at radius 3 is 2.53 bits per heavy atom. The van der Waals surface area contributed by atoms with Crippen molar-refractivity contribution in [3.8, 4) is 0 Å². The number of halogens is 3. The van der Waals surface area contributed by atoms with Gasteiger partial charge < -0.3 is 9.52 Å². The highest BCUT2D eigenvalue weighted by Crippen LogP contribution is 2.43. The van der Waals surface area contributed by atoms with Crippen molar-refractivity contribution in [1.82, 2.24) is 0 Å². The van der Waals surface area contributed by atoms with Crippen LogP contribution in [0, 0.1) is 18.6 Å². The lowest BCUT2D eigenvalue weighted by Gasteiger charge is -2.28. The number of benzene rings is 3. The molecule has 0 fully saturated rings. The number of aliphatic hydroxyl groups is 1. The lowest BCUT2D eigenvalue weighted by Crippen LogP contribution is -2.31. The molecule has 0 aliphatic carbocycles. The normalized spacial score (nSPS) is 16.1. The van der Waals surface area contributed by atoms with Crippen LogP contribution in [0.5, 0.6) is 0 Å². The van der Waals surface area contributed by atoms with Crippen molar-refractivity contribution in [1.29, 1.82) is 0 Å². The number of ketones is 1. The molecular formula is C26H16ClF2NO4. The van der Waals surface area contributed by atoms with Gasteiger partial charge in [0.1, 0.15) is 5.58 Å². The van der Waals surface area contributed by atoms with Gasteiger partial charge >= 0.3 is 0 Å². The lowest BCUT2D eigenvalue weighted by molar-refractivity contribution is -0.117. The number of anilines is 1. The Bertz CT molecular complexity index is 1520. The molecule has 0 radical (unpaired) electrons. The summed E-state index contributed by atoms with van der Waals surface area (Å²) in [5.74, 6) is -4.77. The van der Waals surface area contributed by atoms with Crippen LogP contribution in [0.1, 0.15) is 27.7 Å². The summed E-state index contributed by atoms with van der Waals surface area (Å²) in [5, 5.41) is 11.8. The third-order valence-electron chi connectivity index (χ3n) is 5.82. The van der Waals surface area contributed by atoms with E-state index in [0.717, 1.165) is 22.6 Å². The molecule has 1 amide bonds. The number of aliphatic hydroxyl groups excluding tert-OH is 1. The van der Waals surface area contributed by atoms with Gasteiger partial charge in [-0.1, -0.05) is 35.9 Å². The molecule has 4 aromatic rings.